The Morgan fingerprint density at radius 1 is 1.28 bits per heavy atom. The van der Waals surface area contributed by atoms with E-state index in [1.165, 1.54) is 6.07 Å². The van der Waals surface area contributed by atoms with Gasteiger partial charge in [0.1, 0.15) is 11.5 Å². The molecule has 0 radical (unpaired) electrons. The van der Waals surface area contributed by atoms with Crippen LogP contribution in [0.2, 0.25) is 5.02 Å². The van der Waals surface area contributed by atoms with Gasteiger partial charge < -0.3 is 15.6 Å². The predicted octanol–water partition coefficient (Wildman–Crippen LogP) is 5.01. The molecule has 0 aliphatic carbocycles. The van der Waals surface area contributed by atoms with Crippen LogP contribution in [0, 0.1) is 0 Å². The van der Waals surface area contributed by atoms with E-state index in [1.54, 1.807) is 6.07 Å². The van der Waals surface area contributed by atoms with E-state index in [0.29, 0.717) is 11.4 Å². The Morgan fingerprint density at radius 2 is 2.06 bits per heavy atom. The third-order valence-electron chi connectivity index (χ3n) is 5.29. The molecule has 2 aromatic heterocycles. The van der Waals surface area contributed by atoms with Crippen LogP contribution in [-0.4, -0.2) is 45.5 Å². The molecule has 1 aromatic carbocycles. The molecule has 3 heterocycles. The molecular formula is C20H21Cl2F3N6O. The van der Waals surface area contributed by atoms with Crippen molar-refractivity contribution in [2.24, 2.45) is 0 Å². The summed E-state index contributed by atoms with van der Waals surface area (Å²) in [6.07, 6.45) is -2.17. The van der Waals surface area contributed by atoms with Crippen molar-refractivity contribution in [2.45, 2.75) is 31.1 Å². The van der Waals surface area contributed by atoms with Gasteiger partial charge in [0.2, 0.25) is 0 Å². The number of amides is 2. The smallest absolute Gasteiger partial charge is 0.341 e. The van der Waals surface area contributed by atoms with Gasteiger partial charge in [-0.3, -0.25) is 4.90 Å². The standard InChI is InChI=1S/C20H20ClF3N6O.ClH/c1-30-7-6-12(9-16(30)18-28-14-4-2-11(21)8-15(14)29-18)26-19(31)27-13-3-5-17(25-10-13)20(22,23)24;/h2-5,8,10,12,16H,6-7,9H2,1H3,(H,28,29)(H2,26,27,31);1H/t12-,16-;/m1./s1. The van der Waals surface area contributed by atoms with Crippen LogP contribution in [-0.2, 0) is 6.18 Å². The Balaban J connectivity index is 0.00000289. The first kappa shape index (κ1) is 24.1. The summed E-state index contributed by atoms with van der Waals surface area (Å²) in [5.41, 5.74) is 0.835. The lowest BCUT2D eigenvalue weighted by Gasteiger charge is -2.36. The van der Waals surface area contributed by atoms with Crippen molar-refractivity contribution in [2.75, 3.05) is 18.9 Å². The van der Waals surface area contributed by atoms with Gasteiger partial charge in [0.25, 0.3) is 0 Å². The monoisotopic (exact) mass is 488 g/mol. The summed E-state index contributed by atoms with van der Waals surface area (Å²) in [4.78, 5) is 25.8. The van der Waals surface area contributed by atoms with Crippen LogP contribution >= 0.6 is 24.0 Å². The number of alkyl halides is 3. The molecule has 1 fully saturated rings. The van der Waals surface area contributed by atoms with Crippen LogP contribution in [0.15, 0.2) is 36.5 Å². The number of nitrogens with one attached hydrogen (secondary N) is 3. The maximum Gasteiger partial charge on any atom is 0.433 e. The molecule has 2 atom stereocenters. The number of nitrogens with zero attached hydrogens (tertiary/aromatic N) is 3. The van der Waals surface area contributed by atoms with Crippen LogP contribution in [0.3, 0.4) is 0 Å². The minimum atomic E-state index is -4.52. The van der Waals surface area contributed by atoms with Gasteiger partial charge in [0, 0.05) is 17.6 Å². The average Bonchev–Trinajstić information content (AvgIpc) is 3.12. The fourth-order valence-corrected chi connectivity index (χ4v) is 3.85. The summed E-state index contributed by atoms with van der Waals surface area (Å²) in [6, 6.07) is 6.80. The lowest BCUT2D eigenvalue weighted by atomic mass is 9.97. The molecule has 0 saturated carbocycles. The van der Waals surface area contributed by atoms with Crippen molar-refractivity contribution in [3.05, 3.63) is 53.1 Å². The van der Waals surface area contributed by atoms with Crippen LogP contribution < -0.4 is 10.6 Å². The number of hydrogen-bond donors (Lipinski definition) is 3. The third kappa shape index (κ3) is 5.43. The Labute approximate surface area is 193 Å². The number of carbonyl (C=O) groups excluding carboxylic acids is 1. The first-order valence-electron chi connectivity index (χ1n) is 9.65. The van der Waals surface area contributed by atoms with Gasteiger partial charge in [-0.15, -0.1) is 12.4 Å². The van der Waals surface area contributed by atoms with E-state index in [-0.39, 0.29) is 30.2 Å². The van der Waals surface area contributed by atoms with Crippen molar-refractivity contribution < 1.29 is 18.0 Å². The van der Waals surface area contributed by atoms with E-state index in [2.05, 4.69) is 30.5 Å². The Hall–Kier alpha value is -2.56. The largest absolute Gasteiger partial charge is 0.433 e. The van der Waals surface area contributed by atoms with Crippen LogP contribution in [0.1, 0.15) is 30.4 Å². The number of halogens is 5. The number of piperidine rings is 1. The topological polar surface area (TPSA) is 85.9 Å². The highest BCUT2D eigenvalue weighted by atomic mass is 35.5. The molecule has 0 spiro atoms. The highest BCUT2D eigenvalue weighted by Gasteiger charge is 2.32. The highest BCUT2D eigenvalue weighted by Crippen LogP contribution is 2.30. The van der Waals surface area contributed by atoms with Crippen LogP contribution in [0.5, 0.6) is 0 Å². The van der Waals surface area contributed by atoms with Gasteiger partial charge in [-0.2, -0.15) is 13.2 Å². The third-order valence-corrected chi connectivity index (χ3v) is 5.53. The zero-order valence-electron chi connectivity index (χ0n) is 16.9. The van der Waals surface area contributed by atoms with Gasteiger partial charge in [0.15, 0.2) is 0 Å². The molecule has 32 heavy (non-hydrogen) atoms. The van der Waals surface area contributed by atoms with Crippen molar-refractivity contribution in [1.82, 2.24) is 25.2 Å². The number of fused-ring (bicyclic) bond motifs is 1. The minimum Gasteiger partial charge on any atom is -0.341 e. The number of pyridine rings is 1. The molecule has 3 aromatic rings. The quantitative estimate of drug-likeness (QED) is 0.483. The summed E-state index contributed by atoms with van der Waals surface area (Å²) in [5.74, 6) is 0.790. The molecule has 0 bridgehead atoms. The van der Waals surface area contributed by atoms with Gasteiger partial charge in [-0.25, -0.2) is 14.8 Å². The second kappa shape index (κ2) is 9.51. The van der Waals surface area contributed by atoms with Gasteiger partial charge >= 0.3 is 12.2 Å². The number of benzene rings is 1. The first-order chi connectivity index (χ1) is 14.7. The number of anilines is 1. The second-order valence-corrected chi connectivity index (χ2v) is 7.97. The molecule has 1 saturated heterocycles. The summed E-state index contributed by atoms with van der Waals surface area (Å²) in [7, 11) is 2.00. The number of aromatic amines is 1. The minimum absolute atomic E-state index is 0. The van der Waals surface area contributed by atoms with Gasteiger partial charge in [-0.1, -0.05) is 11.6 Å². The molecule has 3 N–H and O–H groups in total. The molecule has 2 amide bonds. The summed E-state index contributed by atoms with van der Waals surface area (Å²) in [5, 5.41) is 6.03. The van der Waals surface area contributed by atoms with E-state index >= 15 is 0 Å². The molecule has 1 aliphatic heterocycles. The van der Waals surface area contributed by atoms with Crippen molar-refractivity contribution >= 4 is 46.8 Å². The average molecular weight is 489 g/mol. The summed E-state index contributed by atoms with van der Waals surface area (Å²) < 4.78 is 37.8. The van der Waals surface area contributed by atoms with Gasteiger partial charge in [-0.05, 0) is 50.2 Å². The van der Waals surface area contributed by atoms with E-state index < -0.39 is 17.9 Å². The number of rotatable bonds is 3. The molecule has 0 unspecified atom stereocenters. The van der Waals surface area contributed by atoms with E-state index in [1.807, 2.05) is 19.2 Å². The van der Waals surface area contributed by atoms with Crippen LogP contribution in [0.4, 0.5) is 23.7 Å². The Bertz CT molecular complexity index is 1090. The van der Waals surface area contributed by atoms with Crippen molar-refractivity contribution in [1.29, 1.82) is 0 Å². The van der Waals surface area contributed by atoms with E-state index in [9.17, 15) is 18.0 Å². The number of imidazole rings is 1. The first-order valence-corrected chi connectivity index (χ1v) is 10.0. The molecular weight excluding hydrogens is 468 g/mol. The predicted molar refractivity (Wildman–Crippen MR) is 118 cm³/mol. The maximum absolute atomic E-state index is 12.6. The maximum atomic E-state index is 12.6. The number of carbonyl (C=O) groups is 1. The molecule has 1 aliphatic rings. The number of H-pyrrole nitrogens is 1. The zero-order chi connectivity index (χ0) is 22.2. The molecule has 7 nitrogen and oxygen atoms in total. The highest BCUT2D eigenvalue weighted by molar-refractivity contribution is 6.31. The normalized spacial score (nSPS) is 19.4. The van der Waals surface area contributed by atoms with Gasteiger partial charge in [0.05, 0.1) is 29.0 Å². The number of hydrogen-bond acceptors (Lipinski definition) is 4. The number of urea groups is 1. The lowest BCUT2D eigenvalue weighted by molar-refractivity contribution is -0.141. The van der Waals surface area contributed by atoms with E-state index in [4.69, 9.17) is 11.6 Å². The van der Waals surface area contributed by atoms with Crippen LogP contribution in [0.25, 0.3) is 11.0 Å². The van der Waals surface area contributed by atoms with E-state index in [0.717, 1.165) is 42.1 Å². The summed E-state index contributed by atoms with van der Waals surface area (Å²) in [6.45, 7) is 0.745. The second-order valence-electron chi connectivity index (χ2n) is 7.53. The fraction of sp³-hybridized carbons (Fsp3) is 0.350. The number of likely N-dealkylation sites (tertiary alicyclic amines) is 1. The van der Waals surface area contributed by atoms with Crippen molar-refractivity contribution in [3.8, 4) is 0 Å². The summed E-state index contributed by atoms with van der Waals surface area (Å²) >= 11 is 6.05. The lowest BCUT2D eigenvalue weighted by Crippen LogP contribution is -2.46. The number of aromatic nitrogens is 3. The van der Waals surface area contributed by atoms with Crippen molar-refractivity contribution in [3.63, 3.8) is 0 Å². The molecule has 172 valence electrons. The Kier molecular flexibility index (Phi) is 7.16. The molecule has 12 heteroatoms. The SMILES string of the molecule is CN1CC[C@@H](NC(=O)Nc2ccc(C(F)(F)F)nc2)C[C@@H]1c1nc2ccc(Cl)cc2[nH]1.Cl. The zero-order valence-corrected chi connectivity index (χ0v) is 18.5. The molecule has 4 rings (SSSR count). The fourth-order valence-electron chi connectivity index (χ4n) is 3.68. The Morgan fingerprint density at radius 3 is 2.75 bits per heavy atom.